The molecule has 1 amide bonds. The van der Waals surface area contributed by atoms with Gasteiger partial charge in [0.1, 0.15) is 11.5 Å². The van der Waals surface area contributed by atoms with Gasteiger partial charge >= 0.3 is 5.69 Å². The van der Waals surface area contributed by atoms with Crippen LogP contribution in [0.3, 0.4) is 0 Å². The van der Waals surface area contributed by atoms with E-state index in [4.69, 9.17) is 0 Å². The van der Waals surface area contributed by atoms with Crippen LogP contribution in [0.1, 0.15) is 40.9 Å². The minimum Gasteiger partial charge on any atom is -0.342 e. The van der Waals surface area contributed by atoms with Crippen molar-refractivity contribution in [3.8, 4) is 0 Å². The Balaban J connectivity index is 1.28. The molecule has 1 atom stereocenters. The van der Waals surface area contributed by atoms with Gasteiger partial charge < -0.3 is 10.2 Å². The van der Waals surface area contributed by atoms with Crippen LogP contribution in [0.15, 0.2) is 58.3 Å². The Labute approximate surface area is 191 Å². The van der Waals surface area contributed by atoms with Crippen LogP contribution in [-0.2, 0) is 19.4 Å². The van der Waals surface area contributed by atoms with Crippen LogP contribution in [0.5, 0.6) is 0 Å². The molecule has 8 nitrogen and oxygen atoms in total. The van der Waals surface area contributed by atoms with Crippen LogP contribution in [0.25, 0.3) is 0 Å². The smallest absolute Gasteiger partial charge is 0.329 e. The lowest BCUT2D eigenvalue weighted by atomic mass is 9.97. The Morgan fingerprint density at radius 2 is 1.97 bits per heavy atom. The van der Waals surface area contributed by atoms with Crippen LogP contribution in [0, 0.1) is 5.92 Å². The number of pyridine rings is 1. The number of rotatable bonds is 5. The molecule has 1 saturated heterocycles. The van der Waals surface area contributed by atoms with Gasteiger partial charge in [0, 0.05) is 37.6 Å². The fraction of sp³-hybridized carbons (Fsp3) is 0.360. The van der Waals surface area contributed by atoms with Gasteiger partial charge in [-0.25, -0.2) is 4.79 Å². The summed E-state index contributed by atoms with van der Waals surface area (Å²) in [5, 5.41) is 3.16. The highest BCUT2D eigenvalue weighted by Gasteiger charge is 2.26. The molecule has 0 spiro atoms. The Morgan fingerprint density at radius 1 is 1.09 bits per heavy atom. The summed E-state index contributed by atoms with van der Waals surface area (Å²) in [6.45, 7) is 1.43. The maximum absolute atomic E-state index is 12.8. The van der Waals surface area contributed by atoms with Crippen LogP contribution in [0.2, 0.25) is 0 Å². The van der Waals surface area contributed by atoms with Crippen molar-refractivity contribution in [2.45, 2.75) is 38.6 Å². The third kappa shape index (κ3) is 4.60. The van der Waals surface area contributed by atoms with Gasteiger partial charge in [0.05, 0.1) is 0 Å². The van der Waals surface area contributed by atoms with Gasteiger partial charge in [-0.15, -0.1) is 0 Å². The van der Waals surface area contributed by atoms with Crippen molar-refractivity contribution in [3.05, 3.63) is 86.3 Å². The second-order valence-electron chi connectivity index (χ2n) is 8.87. The van der Waals surface area contributed by atoms with Crippen molar-refractivity contribution >= 4 is 17.4 Å². The number of carbonyl (C=O) groups is 1. The molecule has 170 valence electrons. The van der Waals surface area contributed by atoms with E-state index in [0.717, 1.165) is 37.8 Å². The average molecular weight is 446 g/mol. The quantitative estimate of drug-likeness (QED) is 0.629. The van der Waals surface area contributed by atoms with E-state index in [2.05, 4.69) is 27.4 Å². The van der Waals surface area contributed by atoms with E-state index in [-0.39, 0.29) is 23.9 Å². The summed E-state index contributed by atoms with van der Waals surface area (Å²) in [6.07, 6.45) is 6.61. The molecule has 0 bridgehead atoms. The number of benzene rings is 1. The van der Waals surface area contributed by atoms with E-state index in [1.165, 1.54) is 21.8 Å². The van der Waals surface area contributed by atoms with Gasteiger partial charge in [-0.1, -0.05) is 12.1 Å². The van der Waals surface area contributed by atoms with E-state index >= 15 is 0 Å². The Morgan fingerprint density at radius 3 is 2.79 bits per heavy atom. The molecule has 0 saturated carbocycles. The minimum atomic E-state index is -0.445. The maximum atomic E-state index is 12.8. The summed E-state index contributed by atoms with van der Waals surface area (Å²) in [5.74, 6) is 0.297. The first kappa shape index (κ1) is 21.2. The van der Waals surface area contributed by atoms with E-state index in [0.29, 0.717) is 24.6 Å². The highest BCUT2D eigenvalue weighted by molar-refractivity contribution is 5.92. The Bertz CT molecular complexity index is 1250. The van der Waals surface area contributed by atoms with Crippen molar-refractivity contribution in [2.75, 3.05) is 18.4 Å². The van der Waals surface area contributed by atoms with Crippen molar-refractivity contribution in [1.82, 2.24) is 19.4 Å². The number of nitrogens with zero attached hydrogens (tertiary/aromatic N) is 3. The molecule has 5 rings (SSSR count). The van der Waals surface area contributed by atoms with E-state index < -0.39 is 5.69 Å². The van der Waals surface area contributed by atoms with Gasteiger partial charge in [-0.2, -0.15) is 0 Å². The molecule has 2 N–H and O–H groups in total. The third-order valence-corrected chi connectivity index (χ3v) is 6.53. The molecule has 1 aromatic carbocycles. The SMILES string of the molecule is O=C(c1ccccn1)N1CCCC(Cn2c(=O)cc(Nc3ccc4c(c3)CCC4)[nH]c2=O)C1. The van der Waals surface area contributed by atoms with Gasteiger partial charge in [-0.3, -0.25) is 24.1 Å². The molecule has 1 aliphatic heterocycles. The molecule has 2 aliphatic rings. The number of aromatic nitrogens is 3. The third-order valence-electron chi connectivity index (χ3n) is 6.53. The van der Waals surface area contributed by atoms with Crippen LogP contribution in [0.4, 0.5) is 11.5 Å². The van der Waals surface area contributed by atoms with Gasteiger partial charge in [0.2, 0.25) is 0 Å². The molecule has 1 aliphatic carbocycles. The summed E-state index contributed by atoms with van der Waals surface area (Å²) in [6, 6.07) is 12.9. The molecule has 8 heteroatoms. The zero-order valence-electron chi connectivity index (χ0n) is 18.4. The number of aryl methyl sites for hydroxylation is 2. The number of carbonyl (C=O) groups excluding carboxylic acids is 1. The second kappa shape index (κ2) is 9.05. The van der Waals surface area contributed by atoms with Gasteiger partial charge in [0.15, 0.2) is 0 Å². The monoisotopic (exact) mass is 445 g/mol. The summed E-state index contributed by atoms with van der Waals surface area (Å²) in [7, 11) is 0. The molecular formula is C25H27N5O3. The standard InChI is InChI=1S/C25H27N5O3/c31-23-14-22(27-20-10-9-18-6-3-7-19(18)13-20)28-25(33)30(23)16-17-5-4-12-29(15-17)24(32)21-8-1-2-11-26-21/h1-2,8-11,13-14,17,27H,3-7,12,15-16H2,(H,28,33). The fourth-order valence-electron chi connectivity index (χ4n) is 4.87. The minimum absolute atomic E-state index is 0.0285. The topological polar surface area (TPSA) is 100 Å². The number of likely N-dealkylation sites (tertiary alicyclic amines) is 1. The number of fused-ring (bicyclic) bond motifs is 1. The summed E-state index contributed by atoms with van der Waals surface area (Å²) >= 11 is 0. The molecule has 33 heavy (non-hydrogen) atoms. The highest BCUT2D eigenvalue weighted by Crippen LogP contribution is 2.26. The molecule has 3 aromatic rings. The second-order valence-corrected chi connectivity index (χ2v) is 8.87. The van der Waals surface area contributed by atoms with Crippen LogP contribution < -0.4 is 16.6 Å². The lowest BCUT2D eigenvalue weighted by molar-refractivity contribution is 0.0655. The summed E-state index contributed by atoms with van der Waals surface area (Å²) in [4.78, 5) is 46.9. The largest absolute Gasteiger partial charge is 0.342 e. The molecule has 2 aromatic heterocycles. The number of aromatic amines is 1. The summed E-state index contributed by atoms with van der Waals surface area (Å²) in [5.41, 5.74) is 3.16. The zero-order valence-corrected chi connectivity index (χ0v) is 18.4. The first-order chi connectivity index (χ1) is 16.1. The Kier molecular flexibility index (Phi) is 5.81. The molecule has 1 fully saturated rings. The number of piperidine rings is 1. The van der Waals surface area contributed by atoms with Crippen molar-refractivity contribution < 1.29 is 4.79 Å². The van der Waals surface area contributed by atoms with Crippen LogP contribution >= 0.6 is 0 Å². The molecular weight excluding hydrogens is 418 g/mol. The Hall–Kier alpha value is -3.68. The van der Waals surface area contributed by atoms with Gasteiger partial charge in [0.25, 0.3) is 11.5 Å². The first-order valence-electron chi connectivity index (χ1n) is 11.5. The van der Waals surface area contributed by atoms with Crippen LogP contribution in [-0.4, -0.2) is 38.4 Å². The molecule has 1 unspecified atom stereocenters. The molecule has 0 radical (unpaired) electrons. The van der Waals surface area contributed by atoms with Crippen molar-refractivity contribution in [2.24, 2.45) is 5.92 Å². The lowest BCUT2D eigenvalue weighted by Gasteiger charge is -2.32. The summed E-state index contributed by atoms with van der Waals surface area (Å²) < 4.78 is 1.23. The van der Waals surface area contributed by atoms with Gasteiger partial charge in [-0.05, 0) is 73.4 Å². The van der Waals surface area contributed by atoms with Crippen molar-refractivity contribution in [1.29, 1.82) is 0 Å². The maximum Gasteiger partial charge on any atom is 0.329 e. The predicted octanol–water partition coefficient (Wildman–Crippen LogP) is 2.72. The lowest BCUT2D eigenvalue weighted by Crippen LogP contribution is -2.44. The first-order valence-corrected chi connectivity index (χ1v) is 11.5. The zero-order chi connectivity index (χ0) is 22.8. The van der Waals surface area contributed by atoms with E-state index in [1.54, 1.807) is 29.3 Å². The number of H-pyrrole nitrogens is 1. The predicted molar refractivity (Wildman–Crippen MR) is 126 cm³/mol. The average Bonchev–Trinajstić information content (AvgIpc) is 3.30. The number of amides is 1. The molecule has 3 heterocycles. The van der Waals surface area contributed by atoms with E-state index in [9.17, 15) is 14.4 Å². The number of nitrogens with one attached hydrogen (secondary N) is 2. The number of hydrogen-bond acceptors (Lipinski definition) is 5. The van der Waals surface area contributed by atoms with E-state index in [1.807, 2.05) is 6.07 Å². The number of hydrogen-bond donors (Lipinski definition) is 2. The number of anilines is 2. The van der Waals surface area contributed by atoms with Crippen molar-refractivity contribution in [3.63, 3.8) is 0 Å². The highest BCUT2D eigenvalue weighted by atomic mass is 16.2. The normalized spacial score (nSPS) is 17.6. The fourth-order valence-corrected chi connectivity index (χ4v) is 4.87.